The lowest BCUT2D eigenvalue weighted by molar-refractivity contribution is 0.511. The zero-order chi connectivity index (χ0) is 10.6. The Hall–Kier alpha value is -1.32. The Labute approximate surface area is 82.1 Å². The molecular formula is C10H14F2N2. The monoisotopic (exact) mass is 200 g/mol. The van der Waals surface area contributed by atoms with E-state index in [1.54, 1.807) is 0 Å². The summed E-state index contributed by atoms with van der Waals surface area (Å²) >= 11 is 0. The van der Waals surface area contributed by atoms with Gasteiger partial charge in [-0.25, -0.2) is 8.78 Å². The molecule has 0 amide bonds. The SMILES string of the molecule is CCCCNc1c(N)ccc(F)c1F. The number of nitrogens with two attached hydrogens (primary N) is 1. The van der Waals surface area contributed by atoms with Gasteiger partial charge in [0, 0.05) is 6.54 Å². The normalized spacial score (nSPS) is 10.2. The number of unbranched alkanes of at least 4 members (excludes halogenated alkanes) is 1. The minimum atomic E-state index is -0.902. The summed E-state index contributed by atoms with van der Waals surface area (Å²) < 4.78 is 26.0. The molecule has 0 fully saturated rings. The third kappa shape index (κ3) is 2.34. The molecule has 0 aliphatic carbocycles. The van der Waals surface area contributed by atoms with Crippen LogP contribution in [-0.4, -0.2) is 6.54 Å². The summed E-state index contributed by atoms with van der Waals surface area (Å²) in [6.07, 6.45) is 1.89. The fraction of sp³-hybridized carbons (Fsp3) is 0.400. The molecule has 0 aliphatic rings. The van der Waals surface area contributed by atoms with Crippen molar-refractivity contribution in [2.24, 2.45) is 0 Å². The van der Waals surface area contributed by atoms with E-state index in [-0.39, 0.29) is 11.4 Å². The third-order valence-electron chi connectivity index (χ3n) is 1.96. The van der Waals surface area contributed by atoms with Crippen LogP contribution < -0.4 is 11.1 Å². The Balaban J connectivity index is 2.79. The highest BCUT2D eigenvalue weighted by Gasteiger charge is 2.10. The maximum Gasteiger partial charge on any atom is 0.183 e. The lowest BCUT2D eigenvalue weighted by Crippen LogP contribution is -2.07. The topological polar surface area (TPSA) is 38.0 Å². The largest absolute Gasteiger partial charge is 0.397 e. The van der Waals surface area contributed by atoms with Gasteiger partial charge in [-0.1, -0.05) is 13.3 Å². The van der Waals surface area contributed by atoms with Crippen molar-refractivity contribution in [3.05, 3.63) is 23.8 Å². The first-order chi connectivity index (χ1) is 6.66. The molecule has 4 heteroatoms. The number of nitrogen functional groups attached to an aromatic ring is 1. The fourth-order valence-electron chi connectivity index (χ4n) is 1.14. The van der Waals surface area contributed by atoms with E-state index in [4.69, 9.17) is 5.73 Å². The minimum Gasteiger partial charge on any atom is -0.397 e. The molecule has 0 saturated heterocycles. The molecule has 0 aromatic heterocycles. The lowest BCUT2D eigenvalue weighted by Gasteiger charge is -2.09. The van der Waals surface area contributed by atoms with Crippen LogP contribution in [0.2, 0.25) is 0 Å². The molecule has 14 heavy (non-hydrogen) atoms. The van der Waals surface area contributed by atoms with Crippen molar-refractivity contribution in [3.8, 4) is 0 Å². The number of halogens is 2. The molecule has 1 aromatic carbocycles. The fourth-order valence-corrected chi connectivity index (χ4v) is 1.14. The highest BCUT2D eigenvalue weighted by molar-refractivity contribution is 5.66. The van der Waals surface area contributed by atoms with Crippen LogP contribution in [0.4, 0.5) is 20.2 Å². The van der Waals surface area contributed by atoms with Crippen LogP contribution in [0.1, 0.15) is 19.8 Å². The molecule has 0 spiro atoms. The smallest absolute Gasteiger partial charge is 0.183 e. The molecule has 0 bridgehead atoms. The van der Waals surface area contributed by atoms with E-state index >= 15 is 0 Å². The van der Waals surface area contributed by atoms with Crippen LogP contribution in [0.25, 0.3) is 0 Å². The second kappa shape index (κ2) is 4.79. The van der Waals surface area contributed by atoms with E-state index in [1.165, 1.54) is 6.07 Å². The van der Waals surface area contributed by atoms with Gasteiger partial charge in [0.15, 0.2) is 11.6 Å². The predicted octanol–water partition coefficient (Wildman–Crippen LogP) is 2.76. The van der Waals surface area contributed by atoms with E-state index in [1.807, 2.05) is 6.92 Å². The Morgan fingerprint density at radius 3 is 2.71 bits per heavy atom. The molecule has 1 aromatic rings. The van der Waals surface area contributed by atoms with E-state index in [2.05, 4.69) is 5.32 Å². The van der Waals surface area contributed by atoms with Crippen molar-refractivity contribution >= 4 is 11.4 Å². The van der Waals surface area contributed by atoms with Gasteiger partial charge in [-0.2, -0.15) is 0 Å². The number of rotatable bonds is 4. The first-order valence-electron chi connectivity index (χ1n) is 4.64. The highest BCUT2D eigenvalue weighted by Crippen LogP contribution is 2.24. The number of nitrogens with one attached hydrogen (secondary N) is 1. The Bertz CT molecular complexity index is 313. The summed E-state index contributed by atoms with van der Waals surface area (Å²) in [4.78, 5) is 0. The average Bonchev–Trinajstić information content (AvgIpc) is 2.18. The molecule has 0 radical (unpaired) electrons. The maximum atomic E-state index is 13.2. The Kier molecular flexibility index (Phi) is 3.68. The molecule has 0 heterocycles. The van der Waals surface area contributed by atoms with Gasteiger partial charge in [0.1, 0.15) is 0 Å². The van der Waals surface area contributed by atoms with E-state index in [0.29, 0.717) is 6.54 Å². The molecule has 0 unspecified atom stereocenters. The summed E-state index contributed by atoms with van der Waals surface area (Å²) in [6.45, 7) is 2.62. The van der Waals surface area contributed by atoms with E-state index in [9.17, 15) is 8.78 Å². The number of anilines is 2. The zero-order valence-corrected chi connectivity index (χ0v) is 8.11. The first kappa shape index (κ1) is 10.8. The number of hydrogen-bond acceptors (Lipinski definition) is 2. The maximum absolute atomic E-state index is 13.2. The summed E-state index contributed by atoms with van der Waals surface area (Å²) in [5.41, 5.74) is 5.81. The average molecular weight is 200 g/mol. The van der Waals surface area contributed by atoms with Crippen molar-refractivity contribution in [1.29, 1.82) is 0 Å². The van der Waals surface area contributed by atoms with Crippen molar-refractivity contribution in [2.45, 2.75) is 19.8 Å². The van der Waals surface area contributed by atoms with E-state index in [0.717, 1.165) is 18.9 Å². The lowest BCUT2D eigenvalue weighted by atomic mass is 10.2. The number of hydrogen-bond donors (Lipinski definition) is 2. The number of benzene rings is 1. The van der Waals surface area contributed by atoms with Gasteiger partial charge in [-0.15, -0.1) is 0 Å². The Morgan fingerprint density at radius 2 is 2.07 bits per heavy atom. The van der Waals surface area contributed by atoms with Crippen molar-refractivity contribution in [1.82, 2.24) is 0 Å². The summed E-state index contributed by atoms with van der Waals surface area (Å²) in [7, 11) is 0. The second-order valence-corrected chi connectivity index (χ2v) is 3.11. The van der Waals surface area contributed by atoms with Crippen LogP contribution >= 0.6 is 0 Å². The molecule has 0 saturated carbocycles. The van der Waals surface area contributed by atoms with Gasteiger partial charge in [-0.05, 0) is 18.6 Å². The molecule has 0 atom stereocenters. The van der Waals surface area contributed by atoms with Crippen LogP contribution in [0, 0.1) is 11.6 Å². The van der Waals surface area contributed by atoms with Gasteiger partial charge in [0.25, 0.3) is 0 Å². The second-order valence-electron chi connectivity index (χ2n) is 3.11. The summed E-state index contributed by atoms with van der Waals surface area (Å²) in [5, 5.41) is 2.78. The van der Waals surface area contributed by atoms with Gasteiger partial charge in [0.05, 0.1) is 11.4 Å². The molecule has 3 N–H and O–H groups in total. The predicted molar refractivity (Wildman–Crippen MR) is 54.2 cm³/mol. The third-order valence-corrected chi connectivity index (χ3v) is 1.96. The molecule has 0 aliphatic heterocycles. The first-order valence-corrected chi connectivity index (χ1v) is 4.64. The highest BCUT2D eigenvalue weighted by atomic mass is 19.2. The molecule has 1 rings (SSSR count). The molecule has 2 nitrogen and oxygen atoms in total. The van der Waals surface area contributed by atoms with Gasteiger partial charge < -0.3 is 11.1 Å². The van der Waals surface area contributed by atoms with Crippen molar-refractivity contribution in [2.75, 3.05) is 17.6 Å². The minimum absolute atomic E-state index is 0.0680. The van der Waals surface area contributed by atoms with Crippen LogP contribution in [-0.2, 0) is 0 Å². The van der Waals surface area contributed by atoms with Gasteiger partial charge >= 0.3 is 0 Å². The quantitative estimate of drug-likeness (QED) is 0.579. The zero-order valence-electron chi connectivity index (χ0n) is 8.11. The van der Waals surface area contributed by atoms with Gasteiger partial charge in [-0.3, -0.25) is 0 Å². The standard InChI is InChI=1S/C10H14F2N2/c1-2-3-6-14-10-8(13)5-4-7(11)9(10)12/h4-5,14H,2-3,6,13H2,1H3. The molecular weight excluding hydrogens is 186 g/mol. The van der Waals surface area contributed by atoms with Crippen molar-refractivity contribution < 1.29 is 8.78 Å². The van der Waals surface area contributed by atoms with Crippen LogP contribution in [0.15, 0.2) is 12.1 Å². The van der Waals surface area contributed by atoms with E-state index < -0.39 is 11.6 Å². The van der Waals surface area contributed by atoms with Crippen molar-refractivity contribution in [3.63, 3.8) is 0 Å². The Morgan fingerprint density at radius 1 is 1.36 bits per heavy atom. The molecule has 78 valence electrons. The van der Waals surface area contributed by atoms with Crippen LogP contribution in [0.3, 0.4) is 0 Å². The van der Waals surface area contributed by atoms with Crippen LogP contribution in [0.5, 0.6) is 0 Å². The van der Waals surface area contributed by atoms with Gasteiger partial charge in [0.2, 0.25) is 0 Å². The summed E-state index contributed by atoms with van der Waals surface area (Å²) in [5.74, 6) is -1.78. The summed E-state index contributed by atoms with van der Waals surface area (Å²) in [6, 6.07) is 2.38.